The lowest BCUT2D eigenvalue weighted by molar-refractivity contribution is -0.385. The molecule has 0 saturated heterocycles. The van der Waals surface area contributed by atoms with Gasteiger partial charge in [-0.1, -0.05) is 17.3 Å². The van der Waals surface area contributed by atoms with E-state index in [1.807, 2.05) is 0 Å². The maximum absolute atomic E-state index is 12.7. The third-order valence-corrected chi connectivity index (χ3v) is 4.69. The lowest BCUT2D eigenvalue weighted by Gasteiger charge is -2.08. The van der Waals surface area contributed by atoms with E-state index in [2.05, 4.69) is 20.8 Å². The molecule has 0 unspecified atom stereocenters. The number of alkyl halides is 6. The van der Waals surface area contributed by atoms with Crippen LogP contribution < -0.4 is 10.6 Å². The third kappa shape index (κ3) is 9.94. The number of hydrogen-bond acceptors (Lipinski definition) is 8. The first-order chi connectivity index (χ1) is 18.2. The van der Waals surface area contributed by atoms with Gasteiger partial charge in [-0.2, -0.15) is 26.3 Å². The zero-order valence-electron chi connectivity index (χ0n) is 19.5. The van der Waals surface area contributed by atoms with Crippen molar-refractivity contribution in [3.63, 3.8) is 0 Å². The number of carbonyl (C=O) groups excluding carboxylic acids is 1. The number of nitrogens with zero attached hydrogens (tertiary/aromatic N) is 3. The minimum Gasteiger partial charge on any atom is -0.475 e. The summed E-state index contributed by atoms with van der Waals surface area (Å²) in [5.41, 5.74) is 0.159. The summed E-state index contributed by atoms with van der Waals surface area (Å²) in [5.74, 6) is -2.23. The largest absolute Gasteiger partial charge is 0.490 e. The van der Waals surface area contributed by atoms with Gasteiger partial charge in [0, 0.05) is 36.7 Å². The zero-order chi connectivity index (χ0) is 29.2. The molecule has 0 fully saturated rings. The Kier molecular flexibility index (Phi) is 10.3. The van der Waals surface area contributed by atoms with Crippen LogP contribution in [0, 0.1) is 10.1 Å². The SMILES string of the molecule is O=C(CCc1cnoc1-c1ccc(C(F)(F)F)cc1)NCCNc1ccc([N+](=O)[O-])cn1.O=C(O)C(F)(F)F. The van der Waals surface area contributed by atoms with Crippen LogP contribution in [0.1, 0.15) is 17.5 Å². The molecule has 3 N–H and O–H groups in total. The Balaban J connectivity index is 0.000000673. The predicted molar refractivity (Wildman–Crippen MR) is 121 cm³/mol. The van der Waals surface area contributed by atoms with Gasteiger partial charge in [0.1, 0.15) is 12.0 Å². The molecule has 0 atom stereocenters. The van der Waals surface area contributed by atoms with Crippen LogP contribution in [0.4, 0.5) is 37.8 Å². The maximum Gasteiger partial charge on any atom is 0.490 e. The molecule has 0 spiro atoms. The van der Waals surface area contributed by atoms with Crippen LogP contribution in [0.15, 0.2) is 53.3 Å². The number of nitrogens with one attached hydrogen (secondary N) is 2. The number of amides is 1. The lowest BCUT2D eigenvalue weighted by Crippen LogP contribution is -2.29. The highest BCUT2D eigenvalue weighted by Gasteiger charge is 2.38. The number of aliphatic carboxylic acids is 1. The van der Waals surface area contributed by atoms with Gasteiger partial charge in [-0.3, -0.25) is 14.9 Å². The summed E-state index contributed by atoms with van der Waals surface area (Å²) in [4.78, 5) is 34.9. The molecular weight excluding hydrogens is 544 g/mol. The first-order valence-corrected chi connectivity index (χ1v) is 10.7. The molecule has 0 aliphatic rings. The molecular formula is C22H19F6N5O6. The highest BCUT2D eigenvalue weighted by molar-refractivity contribution is 5.76. The molecule has 1 amide bonds. The molecule has 0 aliphatic carbocycles. The molecule has 1 aromatic carbocycles. The Hall–Kier alpha value is -4.70. The van der Waals surface area contributed by atoms with E-state index in [0.29, 0.717) is 42.2 Å². The number of hydrogen-bond donors (Lipinski definition) is 3. The number of carbonyl (C=O) groups is 2. The van der Waals surface area contributed by atoms with Gasteiger partial charge < -0.3 is 20.3 Å². The van der Waals surface area contributed by atoms with E-state index in [0.717, 1.165) is 18.3 Å². The molecule has 210 valence electrons. The van der Waals surface area contributed by atoms with E-state index >= 15 is 0 Å². The summed E-state index contributed by atoms with van der Waals surface area (Å²) in [6.45, 7) is 0.660. The number of carboxylic acid groups (broad SMARTS) is 1. The number of rotatable bonds is 9. The van der Waals surface area contributed by atoms with Crippen molar-refractivity contribution in [2.45, 2.75) is 25.2 Å². The number of nitro groups is 1. The average Bonchev–Trinajstić information content (AvgIpc) is 3.34. The fourth-order valence-corrected chi connectivity index (χ4v) is 2.81. The number of benzene rings is 1. The summed E-state index contributed by atoms with van der Waals surface area (Å²) in [7, 11) is 0. The van der Waals surface area contributed by atoms with Crippen molar-refractivity contribution in [1.29, 1.82) is 0 Å². The van der Waals surface area contributed by atoms with E-state index in [1.54, 1.807) is 0 Å². The van der Waals surface area contributed by atoms with Gasteiger partial charge in [0.05, 0.1) is 16.7 Å². The van der Waals surface area contributed by atoms with Crippen LogP contribution in [0.5, 0.6) is 0 Å². The molecule has 0 radical (unpaired) electrons. The van der Waals surface area contributed by atoms with Crippen LogP contribution in [0.3, 0.4) is 0 Å². The number of aryl methyl sites for hydroxylation is 1. The Morgan fingerprint density at radius 2 is 1.64 bits per heavy atom. The summed E-state index contributed by atoms with van der Waals surface area (Å²) >= 11 is 0. The van der Waals surface area contributed by atoms with E-state index in [4.69, 9.17) is 14.4 Å². The normalized spacial score (nSPS) is 11.2. The summed E-state index contributed by atoms with van der Waals surface area (Å²) < 4.78 is 75.0. The first-order valence-electron chi connectivity index (χ1n) is 10.7. The standard InChI is InChI=1S/C20H18F3N5O4.C2HF3O2/c21-20(22,23)15-4-1-13(2-5-15)19-14(11-27-32-19)3-8-18(29)25-10-9-24-17-7-6-16(12-26-17)28(30)31;3-2(4,5)1(6)7/h1-2,4-7,11-12H,3,8-10H2,(H,24,26)(H,25,29);(H,6,7). The average molecular weight is 563 g/mol. The topological polar surface area (TPSA) is 160 Å². The number of aromatic nitrogens is 2. The Labute approximate surface area is 215 Å². The van der Waals surface area contributed by atoms with Gasteiger partial charge in [-0.15, -0.1) is 0 Å². The monoisotopic (exact) mass is 563 g/mol. The molecule has 3 rings (SSSR count). The van der Waals surface area contributed by atoms with Crippen molar-refractivity contribution in [3.05, 3.63) is 70.0 Å². The zero-order valence-corrected chi connectivity index (χ0v) is 19.5. The first kappa shape index (κ1) is 30.5. The fourth-order valence-electron chi connectivity index (χ4n) is 2.81. The van der Waals surface area contributed by atoms with Crippen LogP contribution in [0.2, 0.25) is 0 Å². The van der Waals surface area contributed by atoms with Gasteiger partial charge >= 0.3 is 18.3 Å². The van der Waals surface area contributed by atoms with Gasteiger partial charge in [-0.05, 0) is 24.6 Å². The van der Waals surface area contributed by atoms with Crippen molar-refractivity contribution in [1.82, 2.24) is 15.5 Å². The predicted octanol–water partition coefficient (Wildman–Crippen LogP) is 4.46. The second-order valence-corrected chi connectivity index (χ2v) is 7.49. The molecule has 2 heterocycles. The number of pyridine rings is 1. The van der Waals surface area contributed by atoms with Crippen molar-refractivity contribution in [2.75, 3.05) is 18.4 Å². The maximum atomic E-state index is 12.7. The molecule has 11 nitrogen and oxygen atoms in total. The number of anilines is 1. The van der Waals surface area contributed by atoms with Crippen molar-refractivity contribution >= 4 is 23.4 Å². The summed E-state index contributed by atoms with van der Waals surface area (Å²) in [5, 5.41) is 27.0. The van der Waals surface area contributed by atoms with E-state index < -0.39 is 28.8 Å². The van der Waals surface area contributed by atoms with Gasteiger partial charge in [0.25, 0.3) is 5.69 Å². The smallest absolute Gasteiger partial charge is 0.475 e. The second-order valence-electron chi connectivity index (χ2n) is 7.49. The number of halogens is 6. The van der Waals surface area contributed by atoms with Gasteiger partial charge in [0.2, 0.25) is 5.91 Å². The van der Waals surface area contributed by atoms with Crippen LogP contribution in [-0.4, -0.2) is 51.3 Å². The van der Waals surface area contributed by atoms with Crippen LogP contribution in [0.25, 0.3) is 11.3 Å². The molecule has 39 heavy (non-hydrogen) atoms. The van der Waals surface area contributed by atoms with E-state index in [1.165, 1.54) is 30.5 Å². The summed E-state index contributed by atoms with van der Waals surface area (Å²) in [6.07, 6.45) is -6.52. The summed E-state index contributed by atoms with van der Waals surface area (Å²) in [6, 6.07) is 7.30. The quantitative estimate of drug-likeness (QED) is 0.148. The molecule has 0 aliphatic heterocycles. The highest BCUT2D eigenvalue weighted by atomic mass is 19.4. The van der Waals surface area contributed by atoms with Crippen LogP contribution >= 0.6 is 0 Å². The molecule has 0 bridgehead atoms. The second kappa shape index (κ2) is 13.2. The molecule has 0 saturated carbocycles. The fraction of sp³-hybridized carbons (Fsp3) is 0.273. The van der Waals surface area contributed by atoms with E-state index in [9.17, 15) is 41.3 Å². The van der Waals surface area contributed by atoms with Crippen molar-refractivity contribution in [3.8, 4) is 11.3 Å². The van der Waals surface area contributed by atoms with Crippen molar-refractivity contribution < 1.29 is 50.5 Å². The van der Waals surface area contributed by atoms with Crippen molar-refractivity contribution in [2.24, 2.45) is 0 Å². The van der Waals surface area contributed by atoms with Crippen LogP contribution in [-0.2, 0) is 22.2 Å². The highest BCUT2D eigenvalue weighted by Crippen LogP contribution is 2.32. The van der Waals surface area contributed by atoms with Gasteiger partial charge in [0.15, 0.2) is 5.76 Å². The molecule has 3 aromatic rings. The molecule has 2 aromatic heterocycles. The Bertz CT molecular complexity index is 1260. The molecule has 17 heteroatoms. The Morgan fingerprint density at radius 1 is 1.00 bits per heavy atom. The minimum atomic E-state index is -5.08. The lowest BCUT2D eigenvalue weighted by atomic mass is 10.0. The van der Waals surface area contributed by atoms with E-state index in [-0.39, 0.29) is 18.0 Å². The minimum absolute atomic E-state index is 0.117. The number of carboxylic acids is 1. The Morgan fingerprint density at radius 3 is 2.15 bits per heavy atom. The van der Waals surface area contributed by atoms with Gasteiger partial charge in [-0.25, -0.2) is 9.78 Å². The third-order valence-electron chi connectivity index (χ3n) is 4.69.